The van der Waals surface area contributed by atoms with E-state index in [1.807, 2.05) is 24.3 Å². The number of benzene rings is 1. The molecular weight excluding hydrogens is 264 g/mol. The van der Waals surface area contributed by atoms with Gasteiger partial charge in [-0.05, 0) is 30.5 Å². The van der Waals surface area contributed by atoms with Gasteiger partial charge in [-0.1, -0.05) is 45.2 Å². The lowest BCUT2D eigenvalue weighted by atomic mass is 10.1. The van der Waals surface area contributed by atoms with Gasteiger partial charge in [0.25, 0.3) is 5.91 Å². The molecule has 0 aromatic heterocycles. The van der Waals surface area contributed by atoms with Crippen LogP contribution in [-0.2, 0) is 11.3 Å². The van der Waals surface area contributed by atoms with Crippen LogP contribution in [0.4, 0.5) is 0 Å². The Kier molecular flexibility index (Phi) is 8.51. The van der Waals surface area contributed by atoms with Crippen LogP contribution in [-0.4, -0.2) is 18.6 Å². The van der Waals surface area contributed by atoms with E-state index >= 15 is 0 Å². The van der Waals surface area contributed by atoms with Gasteiger partial charge in [-0.3, -0.25) is 4.79 Å². The second-order valence-electron chi connectivity index (χ2n) is 5.33. The summed E-state index contributed by atoms with van der Waals surface area (Å²) in [6, 6.07) is 7.78. The summed E-state index contributed by atoms with van der Waals surface area (Å²) in [7, 11) is 0. The fourth-order valence-corrected chi connectivity index (χ4v) is 2.23. The van der Waals surface area contributed by atoms with Crippen LogP contribution in [0.5, 0.6) is 5.75 Å². The molecule has 0 bridgehead atoms. The van der Waals surface area contributed by atoms with Gasteiger partial charge in [0.05, 0.1) is 0 Å². The van der Waals surface area contributed by atoms with Gasteiger partial charge in [0, 0.05) is 12.6 Å². The van der Waals surface area contributed by atoms with Crippen molar-refractivity contribution in [1.29, 1.82) is 0 Å². The SMILES string of the molecule is CCCCC(CCC)NC(=O)COc1ccc(CN)cc1. The molecule has 118 valence electrons. The maximum atomic E-state index is 11.9. The summed E-state index contributed by atoms with van der Waals surface area (Å²) in [5.74, 6) is 0.649. The van der Waals surface area contributed by atoms with E-state index in [0.29, 0.717) is 12.3 Å². The Hall–Kier alpha value is -1.55. The Morgan fingerprint density at radius 2 is 1.90 bits per heavy atom. The maximum Gasteiger partial charge on any atom is 0.258 e. The van der Waals surface area contributed by atoms with E-state index in [1.54, 1.807) is 0 Å². The zero-order valence-electron chi connectivity index (χ0n) is 13.2. The van der Waals surface area contributed by atoms with Gasteiger partial charge in [-0.25, -0.2) is 0 Å². The standard InChI is InChI=1S/C17H28N2O2/c1-3-5-7-15(6-4-2)19-17(20)13-21-16-10-8-14(12-18)9-11-16/h8-11,15H,3-7,12-13,18H2,1-2H3,(H,19,20). The Morgan fingerprint density at radius 3 is 2.48 bits per heavy atom. The molecule has 1 amide bonds. The fraction of sp³-hybridized carbons (Fsp3) is 0.588. The molecule has 1 aromatic rings. The summed E-state index contributed by atoms with van der Waals surface area (Å²) in [6.45, 7) is 4.88. The summed E-state index contributed by atoms with van der Waals surface area (Å²) in [4.78, 5) is 11.9. The number of ether oxygens (including phenoxy) is 1. The van der Waals surface area contributed by atoms with Crippen molar-refractivity contribution in [2.45, 2.75) is 58.5 Å². The summed E-state index contributed by atoms with van der Waals surface area (Å²) >= 11 is 0. The smallest absolute Gasteiger partial charge is 0.258 e. The van der Waals surface area contributed by atoms with Crippen LogP contribution in [0.25, 0.3) is 0 Å². The van der Waals surface area contributed by atoms with E-state index in [9.17, 15) is 4.79 Å². The number of carbonyl (C=O) groups excluding carboxylic acids is 1. The summed E-state index contributed by atoms with van der Waals surface area (Å²) in [5, 5.41) is 3.06. The van der Waals surface area contributed by atoms with E-state index in [1.165, 1.54) is 0 Å². The number of hydrogen-bond donors (Lipinski definition) is 2. The summed E-state index contributed by atoms with van der Waals surface area (Å²) in [5.41, 5.74) is 6.59. The zero-order valence-corrected chi connectivity index (χ0v) is 13.2. The van der Waals surface area contributed by atoms with Crippen LogP contribution in [0.1, 0.15) is 51.5 Å². The quantitative estimate of drug-likeness (QED) is 0.697. The minimum absolute atomic E-state index is 0.0487. The molecule has 0 spiro atoms. The minimum Gasteiger partial charge on any atom is -0.484 e. The molecule has 0 saturated heterocycles. The molecule has 21 heavy (non-hydrogen) atoms. The topological polar surface area (TPSA) is 64.3 Å². The molecular formula is C17H28N2O2. The van der Waals surface area contributed by atoms with E-state index in [0.717, 1.165) is 37.7 Å². The first-order chi connectivity index (χ1) is 10.2. The lowest BCUT2D eigenvalue weighted by molar-refractivity contribution is -0.123. The van der Waals surface area contributed by atoms with Crippen molar-refractivity contribution < 1.29 is 9.53 Å². The molecule has 1 unspecified atom stereocenters. The van der Waals surface area contributed by atoms with E-state index < -0.39 is 0 Å². The Morgan fingerprint density at radius 1 is 1.19 bits per heavy atom. The normalized spacial score (nSPS) is 12.0. The van der Waals surface area contributed by atoms with Crippen molar-refractivity contribution >= 4 is 5.91 Å². The van der Waals surface area contributed by atoms with Crippen LogP contribution >= 0.6 is 0 Å². The number of unbranched alkanes of at least 4 members (excludes halogenated alkanes) is 1. The van der Waals surface area contributed by atoms with Gasteiger partial charge in [-0.15, -0.1) is 0 Å². The third-order valence-corrected chi connectivity index (χ3v) is 3.44. The van der Waals surface area contributed by atoms with Crippen molar-refractivity contribution in [2.75, 3.05) is 6.61 Å². The van der Waals surface area contributed by atoms with Crippen molar-refractivity contribution in [3.8, 4) is 5.75 Å². The van der Waals surface area contributed by atoms with Crippen LogP contribution in [0.3, 0.4) is 0 Å². The van der Waals surface area contributed by atoms with Crippen LogP contribution < -0.4 is 15.8 Å². The average molecular weight is 292 g/mol. The predicted octanol–water partition coefficient (Wildman–Crippen LogP) is 3.00. The van der Waals surface area contributed by atoms with Gasteiger partial charge in [0.1, 0.15) is 5.75 Å². The third-order valence-electron chi connectivity index (χ3n) is 3.44. The number of nitrogens with two attached hydrogens (primary N) is 1. The molecule has 1 atom stereocenters. The molecule has 0 saturated carbocycles. The third kappa shape index (κ3) is 7.14. The number of rotatable bonds is 10. The Labute approximate surface area is 128 Å². The molecule has 1 rings (SSSR count). The highest BCUT2D eigenvalue weighted by atomic mass is 16.5. The van der Waals surface area contributed by atoms with Crippen LogP contribution in [0.15, 0.2) is 24.3 Å². The van der Waals surface area contributed by atoms with Gasteiger partial charge >= 0.3 is 0 Å². The van der Waals surface area contributed by atoms with Crippen LogP contribution in [0, 0.1) is 0 Å². The molecule has 0 radical (unpaired) electrons. The Bertz CT molecular complexity index is 404. The lowest BCUT2D eigenvalue weighted by Gasteiger charge is -2.18. The zero-order chi connectivity index (χ0) is 15.5. The molecule has 4 nitrogen and oxygen atoms in total. The molecule has 0 aliphatic carbocycles. The first-order valence-corrected chi connectivity index (χ1v) is 7.90. The van der Waals surface area contributed by atoms with Crippen molar-refractivity contribution in [3.05, 3.63) is 29.8 Å². The van der Waals surface area contributed by atoms with Crippen molar-refractivity contribution in [3.63, 3.8) is 0 Å². The highest BCUT2D eigenvalue weighted by Gasteiger charge is 2.11. The van der Waals surface area contributed by atoms with Gasteiger partial charge in [-0.2, -0.15) is 0 Å². The Balaban J connectivity index is 2.36. The highest BCUT2D eigenvalue weighted by molar-refractivity contribution is 5.77. The predicted molar refractivity (Wildman–Crippen MR) is 86.2 cm³/mol. The second kappa shape index (κ2) is 10.2. The molecule has 0 fully saturated rings. The highest BCUT2D eigenvalue weighted by Crippen LogP contribution is 2.12. The number of nitrogens with one attached hydrogen (secondary N) is 1. The number of amides is 1. The lowest BCUT2D eigenvalue weighted by Crippen LogP contribution is -2.37. The van der Waals surface area contributed by atoms with Crippen LogP contribution in [0.2, 0.25) is 0 Å². The second-order valence-corrected chi connectivity index (χ2v) is 5.33. The van der Waals surface area contributed by atoms with Gasteiger partial charge in [0.15, 0.2) is 6.61 Å². The van der Waals surface area contributed by atoms with E-state index in [-0.39, 0.29) is 18.6 Å². The maximum absolute atomic E-state index is 11.9. The van der Waals surface area contributed by atoms with E-state index in [4.69, 9.17) is 10.5 Å². The van der Waals surface area contributed by atoms with Crippen molar-refractivity contribution in [2.24, 2.45) is 5.73 Å². The van der Waals surface area contributed by atoms with Gasteiger partial charge < -0.3 is 15.8 Å². The number of carbonyl (C=O) groups is 1. The van der Waals surface area contributed by atoms with E-state index in [2.05, 4.69) is 19.2 Å². The van der Waals surface area contributed by atoms with Gasteiger partial charge in [0.2, 0.25) is 0 Å². The first-order valence-electron chi connectivity index (χ1n) is 7.90. The molecule has 3 N–H and O–H groups in total. The average Bonchev–Trinajstić information content (AvgIpc) is 2.51. The molecule has 0 aliphatic rings. The molecule has 0 heterocycles. The molecule has 0 aliphatic heterocycles. The van der Waals surface area contributed by atoms with Crippen molar-refractivity contribution in [1.82, 2.24) is 5.32 Å². The largest absolute Gasteiger partial charge is 0.484 e. The summed E-state index contributed by atoms with van der Waals surface area (Å²) < 4.78 is 5.50. The molecule has 1 aromatic carbocycles. The minimum atomic E-state index is -0.0487. The molecule has 4 heteroatoms. The monoisotopic (exact) mass is 292 g/mol. The summed E-state index contributed by atoms with van der Waals surface area (Å²) in [6.07, 6.45) is 5.45. The fourth-order valence-electron chi connectivity index (χ4n) is 2.23. The number of hydrogen-bond acceptors (Lipinski definition) is 3. The first kappa shape index (κ1) is 17.5.